The lowest BCUT2D eigenvalue weighted by Gasteiger charge is -2.08. The molecule has 0 saturated carbocycles. The van der Waals surface area contributed by atoms with Crippen LogP contribution in [0.1, 0.15) is 0 Å². The minimum Gasteiger partial charge on any atom is -0.382 e. The molecule has 0 radical (unpaired) electrons. The summed E-state index contributed by atoms with van der Waals surface area (Å²) in [7, 11) is 3.29. The second kappa shape index (κ2) is 47.9. The highest BCUT2D eigenvalue weighted by Gasteiger charge is 2.38. The van der Waals surface area contributed by atoms with Gasteiger partial charge in [-0.1, -0.05) is 0 Å². The van der Waals surface area contributed by atoms with Gasteiger partial charge in [-0.15, -0.1) is 0 Å². The first kappa shape index (κ1) is 54.3. The molecule has 1 heterocycles. The maximum atomic E-state index is 5.63. The van der Waals surface area contributed by atoms with E-state index in [2.05, 4.69) is 0 Å². The number of hydrogen-bond acceptors (Lipinski definition) is 19. The molecular formula is C38H76O19. The maximum Gasteiger partial charge on any atom is 0.110 e. The monoisotopic (exact) mass is 836 g/mol. The maximum absolute atomic E-state index is 5.63. The Labute approximate surface area is 340 Å². The lowest BCUT2D eigenvalue weighted by atomic mass is 10.3. The SMILES string of the molecule is COCCOCCOCCOCCOCCOCCOCCOCCOCC1OC1COCCOCCOCCOCCOCCOCCOCCOCCOC. The molecule has 19 nitrogen and oxygen atoms in total. The molecular weight excluding hydrogens is 760 g/mol. The Balaban J connectivity index is 1.63. The summed E-state index contributed by atoms with van der Waals surface area (Å²) in [5.41, 5.74) is 0. The normalized spacial score (nSPS) is 15.3. The van der Waals surface area contributed by atoms with Gasteiger partial charge in [0.15, 0.2) is 0 Å². The molecule has 0 aromatic carbocycles. The highest BCUT2D eigenvalue weighted by Crippen LogP contribution is 2.22. The van der Waals surface area contributed by atoms with Gasteiger partial charge in [0.05, 0.1) is 225 Å². The van der Waals surface area contributed by atoms with Crippen LogP contribution in [0.5, 0.6) is 0 Å². The molecule has 2 atom stereocenters. The molecule has 1 rings (SSSR count). The van der Waals surface area contributed by atoms with E-state index >= 15 is 0 Å². The Morgan fingerprint density at radius 2 is 0.351 bits per heavy atom. The third-order valence-electron chi connectivity index (χ3n) is 7.32. The lowest BCUT2D eigenvalue weighted by molar-refractivity contribution is -0.0246. The summed E-state index contributed by atoms with van der Waals surface area (Å²) >= 11 is 0. The van der Waals surface area contributed by atoms with E-state index in [1.165, 1.54) is 0 Å². The second-order valence-electron chi connectivity index (χ2n) is 11.9. The fraction of sp³-hybridized carbons (Fsp3) is 1.00. The fourth-order valence-corrected chi connectivity index (χ4v) is 4.23. The van der Waals surface area contributed by atoms with Gasteiger partial charge in [-0.3, -0.25) is 0 Å². The van der Waals surface area contributed by atoms with E-state index < -0.39 is 0 Å². The average molecular weight is 837 g/mol. The first-order chi connectivity index (χ1) is 28.4. The van der Waals surface area contributed by atoms with Gasteiger partial charge < -0.3 is 90.0 Å². The number of ether oxygens (including phenoxy) is 19. The van der Waals surface area contributed by atoms with Crippen LogP contribution in [-0.2, 0) is 90.0 Å². The van der Waals surface area contributed by atoms with Crippen molar-refractivity contribution in [1.29, 1.82) is 0 Å². The van der Waals surface area contributed by atoms with Gasteiger partial charge in [-0.2, -0.15) is 0 Å². The van der Waals surface area contributed by atoms with E-state index in [4.69, 9.17) is 90.0 Å². The zero-order valence-electron chi connectivity index (χ0n) is 35.0. The second-order valence-corrected chi connectivity index (χ2v) is 11.9. The molecule has 1 saturated heterocycles. The predicted molar refractivity (Wildman–Crippen MR) is 206 cm³/mol. The molecule has 0 N–H and O–H groups in total. The first-order valence-corrected chi connectivity index (χ1v) is 20.3. The highest BCUT2D eigenvalue weighted by atomic mass is 16.6. The summed E-state index contributed by atoms with van der Waals surface area (Å²) in [6, 6.07) is 0. The van der Waals surface area contributed by atoms with E-state index in [-0.39, 0.29) is 12.2 Å². The smallest absolute Gasteiger partial charge is 0.110 e. The van der Waals surface area contributed by atoms with Crippen molar-refractivity contribution in [3.63, 3.8) is 0 Å². The van der Waals surface area contributed by atoms with Crippen LogP contribution in [0.3, 0.4) is 0 Å². The van der Waals surface area contributed by atoms with E-state index in [1.54, 1.807) is 14.2 Å². The topological polar surface area (TPSA) is 179 Å². The molecule has 0 amide bonds. The van der Waals surface area contributed by atoms with Crippen molar-refractivity contribution in [2.75, 3.05) is 239 Å². The molecule has 57 heavy (non-hydrogen) atoms. The zero-order chi connectivity index (χ0) is 40.6. The van der Waals surface area contributed by atoms with Crippen LogP contribution in [0.25, 0.3) is 0 Å². The van der Waals surface area contributed by atoms with Crippen LogP contribution in [0.4, 0.5) is 0 Å². The Hall–Kier alpha value is -0.760. The molecule has 0 spiro atoms. The molecule has 342 valence electrons. The van der Waals surface area contributed by atoms with Crippen LogP contribution in [0, 0.1) is 0 Å². The quantitative estimate of drug-likeness (QED) is 0.0604. The Morgan fingerprint density at radius 1 is 0.211 bits per heavy atom. The molecule has 0 aliphatic carbocycles. The van der Waals surface area contributed by atoms with Crippen LogP contribution in [0.15, 0.2) is 0 Å². The van der Waals surface area contributed by atoms with Crippen molar-refractivity contribution < 1.29 is 90.0 Å². The van der Waals surface area contributed by atoms with Crippen LogP contribution >= 0.6 is 0 Å². The molecule has 1 aliphatic heterocycles. The van der Waals surface area contributed by atoms with Gasteiger partial charge in [0.1, 0.15) is 12.2 Å². The molecule has 1 fully saturated rings. The van der Waals surface area contributed by atoms with Crippen molar-refractivity contribution >= 4 is 0 Å². The van der Waals surface area contributed by atoms with E-state index in [0.29, 0.717) is 225 Å². The lowest BCUT2D eigenvalue weighted by Crippen LogP contribution is -2.16. The van der Waals surface area contributed by atoms with Crippen molar-refractivity contribution in [3.05, 3.63) is 0 Å². The van der Waals surface area contributed by atoms with E-state index in [1.807, 2.05) is 0 Å². The van der Waals surface area contributed by atoms with Gasteiger partial charge in [0.25, 0.3) is 0 Å². The number of rotatable bonds is 52. The van der Waals surface area contributed by atoms with E-state index in [0.717, 1.165) is 0 Å². The van der Waals surface area contributed by atoms with Crippen molar-refractivity contribution in [3.8, 4) is 0 Å². The largest absolute Gasteiger partial charge is 0.382 e. The summed E-state index contributed by atoms with van der Waals surface area (Å²) in [6.07, 6.45) is 0.131. The van der Waals surface area contributed by atoms with Crippen LogP contribution in [0.2, 0.25) is 0 Å². The van der Waals surface area contributed by atoms with Crippen molar-refractivity contribution in [2.24, 2.45) is 0 Å². The Kier molecular flexibility index (Phi) is 45.6. The minimum atomic E-state index is 0.0656. The standard InChI is InChI=1S/C38H76O19/c1-39-3-5-41-7-9-43-11-13-45-15-17-47-19-21-49-23-25-51-27-29-53-31-33-55-35-37-38(57-37)36-56-34-32-54-30-28-52-26-24-50-22-20-48-18-16-46-14-12-44-10-8-42-6-4-40-2/h37-38H,3-36H2,1-2H3. The Morgan fingerprint density at radius 3 is 0.509 bits per heavy atom. The summed E-state index contributed by atoms with van der Waals surface area (Å²) < 4.78 is 103. The van der Waals surface area contributed by atoms with Gasteiger partial charge in [-0.25, -0.2) is 0 Å². The summed E-state index contributed by atoms with van der Waals surface area (Å²) in [5, 5.41) is 0. The zero-order valence-corrected chi connectivity index (χ0v) is 35.0. The first-order valence-electron chi connectivity index (χ1n) is 20.3. The van der Waals surface area contributed by atoms with Gasteiger partial charge >= 0.3 is 0 Å². The molecule has 0 aromatic heterocycles. The van der Waals surface area contributed by atoms with E-state index in [9.17, 15) is 0 Å². The molecule has 1 aliphatic rings. The van der Waals surface area contributed by atoms with Crippen molar-refractivity contribution in [2.45, 2.75) is 12.2 Å². The third kappa shape index (κ3) is 44.6. The van der Waals surface area contributed by atoms with Crippen LogP contribution in [-0.4, -0.2) is 251 Å². The Bertz CT molecular complexity index is 688. The molecule has 0 bridgehead atoms. The highest BCUT2D eigenvalue weighted by molar-refractivity contribution is 4.84. The average Bonchev–Trinajstić information content (AvgIpc) is 3.98. The molecule has 0 aromatic rings. The van der Waals surface area contributed by atoms with Crippen molar-refractivity contribution in [1.82, 2.24) is 0 Å². The summed E-state index contributed by atoms with van der Waals surface area (Å²) in [6.45, 7) is 17.8. The fourth-order valence-electron chi connectivity index (χ4n) is 4.23. The van der Waals surface area contributed by atoms with Gasteiger partial charge in [-0.05, 0) is 0 Å². The molecule has 2 unspecified atom stereocenters. The third-order valence-corrected chi connectivity index (χ3v) is 7.32. The minimum absolute atomic E-state index is 0.0656. The van der Waals surface area contributed by atoms with Gasteiger partial charge in [0.2, 0.25) is 0 Å². The van der Waals surface area contributed by atoms with Crippen LogP contribution < -0.4 is 0 Å². The van der Waals surface area contributed by atoms with Gasteiger partial charge in [0, 0.05) is 14.2 Å². The summed E-state index contributed by atoms with van der Waals surface area (Å²) in [4.78, 5) is 0. The number of hydrogen-bond donors (Lipinski definition) is 0. The number of epoxide rings is 1. The number of methoxy groups -OCH3 is 2. The summed E-state index contributed by atoms with van der Waals surface area (Å²) in [5.74, 6) is 0. The molecule has 19 heteroatoms. The predicted octanol–water partition coefficient (Wildman–Crippen LogP) is 0.312.